The molecule has 0 unspecified atom stereocenters. The normalized spacial score (nSPS) is 15.3. The zero-order valence-electron chi connectivity index (χ0n) is 9.64. The van der Waals surface area contributed by atoms with Crippen LogP contribution in [0, 0.1) is 0 Å². The molecule has 0 atom stereocenters. The number of phenols is 1. The van der Waals surface area contributed by atoms with Gasteiger partial charge in [-0.15, -0.1) is 0 Å². The molecule has 5 nitrogen and oxygen atoms in total. The number of rotatable bonds is 2. The van der Waals surface area contributed by atoms with Gasteiger partial charge < -0.3 is 14.5 Å². The molecule has 1 fully saturated rings. The smallest absolute Gasteiger partial charge is 0.266 e. The minimum absolute atomic E-state index is 0.0409. The van der Waals surface area contributed by atoms with Crippen LogP contribution in [0.4, 0.5) is 5.95 Å². The average Bonchev–Trinajstić information content (AvgIpc) is 2.99. The predicted molar refractivity (Wildman–Crippen MR) is 67.9 cm³/mol. The van der Waals surface area contributed by atoms with Crippen LogP contribution < -0.4 is 4.90 Å². The molecule has 0 saturated carbocycles. The number of aromatic hydroxyl groups is 1. The first kappa shape index (κ1) is 11.3. The van der Waals surface area contributed by atoms with E-state index in [0.29, 0.717) is 22.4 Å². The summed E-state index contributed by atoms with van der Waals surface area (Å²) in [6, 6.07) is 4.80. The Bertz CT molecular complexity index is 564. The molecule has 0 radical (unpaired) electrons. The third-order valence-corrected chi connectivity index (χ3v) is 3.23. The Morgan fingerprint density at radius 2 is 2.06 bits per heavy atom. The molecule has 0 aliphatic carbocycles. The summed E-state index contributed by atoms with van der Waals surface area (Å²) < 4.78 is 5.18. The second-order valence-electron chi connectivity index (χ2n) is 4.26. The SMILES string of the molecule is Oc1cc(Cl)ccc1-c1nc(N2CCCC2)no1. The molecule has 0 bridgehead atoms. The van der Waals surface area contributed by atoms with Crippen LogP contribution in [0.2, 0.25) is 5.02 Å². The Hall–Kier alpha value is -1.75. The van der Waals surface area contributed by atoms with Crippen molar-refractivity contribution >= 4 is 17.5 Å². The van der Waals surface area contributed by atoms with Gasteiger partial charge in [0.15, 0.2) is 0 Å². The average molecular weight is 266 g/mol. The van der Waals surface area contributed by atoms with Gasteiger partial charge in [0.25, 0.3) is 11.8 Å². The van der Waals surface area contributed by atoms with Gasteiger partial charge in [-0.1, -0.05) is 11.6 Å². The van der Waals surface area contributed by atoms with E-state index in [1.807, 2.05) is 0 Å². The predicted octanol–water partition coefficient (Wildman–Crippen LogP) is 2.70. The van der Waals surface area contributed by atoms with Gasteiger partial charge >= 0.3 is 0 Å². The summed E-state index contributed by atoms with van der Waals surface area (Å²) in [6.07, 6.45) is 2.30. The maximum Gasteiger partial charge on any atom is 0.266 e. The van der Waals surface area contributed by atoms with Crippen LogP contribution in [-0.4, -0.2) is 28.3 Å². The zero-order valence-corrected chi connectivity index (χ0v) is 10.4. The lowest BCUT2D eigenvalue weighted by Crippen LogP contribution is -2.18. The number of aromatic nitrogens is 2. The number of nitrogens with zero attached hydrogens (tertiary/aromatic N) is 3. The molecule has 1 aliphatic rings. The first-order chi connectivity index (χ1) is 8.74. The maximum absolute atomic E-state index is 9.79. The molecular weight excluding hydrogens is 254 g/mol. The summed E-state index contributed by atoms with van der Waals surface area (Å²) in [6.45, 7) is 1.90. The Kier molecular flexibility index (Phi) is 2.83. The van der Waals surface area contributed by atoms with E-state index in [1.54, 1.807) is 12.1 Å². The van der Waals surface area contributed by atoms with Crippen LogP contribution in [-0.2, 0) is 0 Å². The molecule has 18 heavy (non-hydrogen) atoms. The summed E-state index contributed by atoms with van der Waals surface area (Å²) >= 11 is 5.78. The van der Waals surface area contributed by atoms with E-state index in [9.17, 15) is 5.11 Å². The first-order valence-corrected chi connectivity index (χ1v) is 6.19. The van der Waals surface area contributed by atoms with E-state index in [4.69, 9.17) is 16.1 Å². The van der Waals surface area contributed by atoms with E-state index in [2.05, 4.69) is 15.0 Å². The van der Waals surface area contributed by atoms with Gasteiger partial charge in [-0.2, -0.15) is 4.98 Å². The van der Waals surface area contributed by atoms with Gasteiger partial charge in [0.2, 0.25) is 0 Å². The molecule has 1 aromatic heterocycles. The summed E-state index contributed by atoms with van der Waals surface area (Å²) in [5, 5.41) is 14.2. The van der Waals surface area contributed by atoms with Gasteiger partial charge in [-0.05, 0) is 36.2 Å². The summed E-state index contributed by atoms with van der Waals surface area (Å²) in [4.78, 5) is 6.37. The monoisotopic (exact) mass is 265 g/mol. The highest BCUT2D eigenvalue weighted by molar-refractivity contribution is 6.30. The van der Waals surface area contributed by atoms with Crippen LogP contribution in [0.3, 0.4) is 0 Å². The van der Waals surface area contributed by atoms with Gasteiger partial charge in [-0.3, -0.25) is 0 Å². The van der Waals surface area contributed by atoms with Gasteiger partial charge in [-0.25, -0.2) is 0 Å². The molecule has 1 saturated heterocycles. The lowest BCUT2D eigenvalue weighted by atomic mass is 10.2. The first-order valence-electron chi connectivity index (χ1n) is 5.81. The molecule has 0 amide bonds. The zero-order chi connectivity index (χ0) is 12.5. The highest BCUT2D eigenvalue weighted by atomic mass is 35.5. The summed E-state index contributed by atoms with van der Waals surface area (Å²) in [7, 11) is 0. The lowest BCUT2D eigenvalue weighted by molar-refractivity contribution is 0.424. The van der Waals surface area contributed by atoms with E-state index < -0.39 is 0 Å². The number of phenolic OH excluding ortho intramolecular Hbond substituents is 1. The van der Waals surface area contributed by atoms with Crippen molar-refractivity contribution in [1.29, 1.82) is 0 Å². The molecule has 1 N–H and O–H groups in total. The third-order valence-electron chi connectivity index (χ3n) is 2.99. The maximum atomic E-state index is 9.79. The lowest BCUT2D eigenvalue weighted by Gasteiger charge is -2.09. The van der Waals surface area contributed by atoms with E-state index in [1.165, 1.54) is 6.07 Å². The fourth-order valence-electron chi connectivity index (χ4n) is 2.06. The summed E-state index contributed by atoms with van der Waals surface area (Å²) in [5.74, 6) is 0.932. The minimum atomic E-state index is 0.0409. The van der Waals surface area contributed by atoms with Crippen molar-refractivity contribution in [2.24, 2.45) is 0 Å². The molecule has 94 valence electrons. The molecule has 0 spiro atoms. The number of hydrogen-bond donors (Lipinski definition) is 1. The standard InChI is InChI=1S/C12H12ClN3O2/c13-8-3-4-9(10(17)7-8)11-14-12(15-18-11)16-5-1-2-6-16/h3-4,7,17H,1-2,5-6H2. The van der Waals surface area contributed by atoms with Crippen LogP contribution in [0.25, 0.3) is 11.5 Å². The number of halogens is 1. The fourth-order valence-corrected chi connectivity index (χ4v) is 2.22. The third kappa shape index (κ3) is 2.01. The Balaban J connectivity index is 1.92. The largest absolute Gasteiger partial charge is 0.507 e. The van der Waals surface area contributed by atoms with Crippen molar-refractivity contribution in [2.75, 3.05) is 18.0 Å². The van der Waals surface area contributed by atoms with Crippen molar-refractivity contribution < 1.29 is 9.63 Å². The van der Waals surface area contributed by atoms with Crippen LogP contribution >= 0.6 is 11.6 Å². The molecule has 6 heteroatoms. The van der Waals surface area contributed by atoms with Crippen molar-refractivity contribution in [3.63, 3.8) is 0 Å². The second-order valence-corrected chi connectivity index (χ2v) is 4.69. The van der Waals surface area contributed by atoms with E-state index in [-0.39, 0.29) is 5.75 Å². The molecule has 2 heterocycles. The quantitative estimate of drug-likeness (QED) is 0.905. The van der Waals surface area contributed by atoms with Crippen molar-refractivity contribution in [1.82, 2.24) is 10.1 Å². The second kappa shape index (κ2) is 4.49. The highest BCUT2D eigenvalue weighted by Gasteiger charge is 2.19. The van der Waals surface area contributed by atoms with Gasteiger partial charge in [0.05, 0.1) is 5.56 Å². The topological polar surface area (TPSA) is 62.4 Å². The van der Waals surface area contributed by atoms with Crippen molar-refractivity contribution in [3.8, 4) is 17.2 Å². The Morgan fingerprint density at radius 1 is 1.28 bits per heavy atom. The van der Waals surface area contributed by atoms with Crippen molar-refractivity contribution in [3.05, 3.63) is 23.2 Å². The van der Waals surface area contributed by atoms with Crippen molar-refractivity contribution in [2.45, 2.75) is 12.8 Å². The van der Waals surface area contributed by atoms with Crippen LogP contribution in [0.15, 0.2) is 22.7 Å². The highest BCUT2D eigenvalue weighted by Crippen LogP contribution is 2.31. The number of anilines is 1. The summed E-state index contributed by atoms with van der Waals surface area (Å²) in [5.41, 5.74) is 0.498. The van der Waals surface area contributed by atoms with E-state index >= 15 is 0 Å². The minimum Gasteiger partial charge on any atom is -0.507 e. The molecule has 3 rings (SSSR count). The number of hydrogen-bond acceptors (Lipinski definition) is 5. The van der Waals surface area contributed by atoms with Crippen LogP contribution in [0.5, 0.6) is 5.75 Å². The van der Waals surface area contributed by atoms with Crippen LogP contribution in [0.1, 0.15) is 12.8 Å². The molecule has 1 aromatic carbocycles. The Labute approximate surface area is 109 Å². The fraction of sp³-hybridized carbons (Fsp3) is 0.333. The van der Waals surface area contributed by atoms with Gasteiger partial charge in [0, 0.05) is 18.1 Å². The number of benzene rings is 1. The molecular formula is C12H12ClN3O2. The van der Waals surface area contributed by atoms with E-state index in [0.717, 1.165) is 25.9 Å². The van der Waals surface area contributed by atoms with Gasteiger partial charge in [0.1, 0.15) is 5.75 Å². The molecule has 2 aromatic rings. The Morgan fingerprint density at radius 3 is 2.78 bits per heavy atom. The molecule has 1 aliphatic heterocycles.